The molecule has 6 heteroatoms. The Kier molecular flexibility index (Phi) is 4.35. The Morgan fingerprint density at radius 3 is 2.88 bits per heavy atom. The number of rotatable bonds is 4. The Labute approximate surface area is 142 Å². The van der Waals surface area contributed by atoms with Gasteiger partial charge in [-0.05, 0) is 26.0 Å². The minimum absolute atomic E-state index is 0.280. The van der Waals surface area contributed by atoms with E-state index in [0.29, 0.717) is 6.04 Å². The summed E-state index contributed by atoms with van der Waals surface area (Å²) in [6.45, 7) is 9.54. The van der Waals surface area contributed by atoms with Gasteiger partial charge in [-0.3, -0.25) is 14.8 Å². The first kappa shape index (κ1) is 15.7. The van der Waals surface area contributed by atoms with E-state index in [-0.39, 0.29) is 6.10 Å². The molecule has 0 unspecified atom stereocenters. The van der Waals surface area contributed by atoms with Gasteiger partial charge in [0.25, 0.3) is 0 Å². The van der Waals surface area contributed by atoms with Gasteiger partial charge in [0.15, 0.2) is 0 Å². The average molecular weight is 328 g/mol. The fourth-order valence-corrected chi connectivity index (χ4v) is 3.81. The Morgan fingerprint density at radius 2 is 2.12 bits per heavy atom. The van der Waals surface area contributed by atoms with Crippen LogP contribution in [0, 0.1) is 13.8 Å². The highest BCUT2D eigenvalue weighted by Gasteiger charge is 2.40. The van der Waals surface area contributed by atoms with Crippen LogP contribution in [0.5, 0.6) is 0 Å². The Hall–Kier alpha value is -1.76. The predicted octanol–water partition coefficient (Wildman–Crippen LogP) is 1.77. The number of hydrogen-bond acceptors (Lipinski definition) is 6. The van der Waals surface area contributed by atoms with Crippen LogP contribution in [0.1, 0.15) is 22.7 Å². The molecular weight excluding hydrogens is 304 g/mol. The van der Waals surface area contributed by atoms with Crippen molar-refractivity contribution in [1.82, 2.24) is 19.9 Å². The number of morpholine rings is 1. The quantitative estimate of drug-likeness (QED) is 0.853. The monoisotopic (exact) mass is 328 g/mol. The molecule has 0 amide bonds. The van der Waals surface area contributed by atoms with Crippen molar-refractivity contribution in [2.45, 2.75) is 39.1 Å². The topological polar surface area (TPSA) is 54.6 Å². The summed E-state index contributed by atoms with van der Waals surface area (Å²) in [5, 5.41) is 4.09. The number of nitrogens with zero attached hydrogens (tertiary/aromatic N) is 4. The van der Waals surface area contributed by atoms with E-state index in [1.54, 1.807) is 0 Å². The standard InChI is InChI=1S/C18H24N4O2/c1-13-16(14(2)24-20-13)10-22-7-8-23-18-12-21(11-17(18)22)9-15-5-3-4-6-19-15/h3-6,17-18H,7-12H2,1-2H3/t17-,18+/m1/s1. The van der Waals surface area contributed by atoms with E-state index in [2.05, 4.69) is 26.0 Å². The highest BCUT2D eigenvalue weighted by molar-refractivity contribution is 5.21. The lowest BCUT2D eigenvalue weighted by atomic mass is 10.1. The molecule has 0 saturated carbocycles. The molecule has 0 radical (unpaired) electrons. The molecule has 0 aliphatic carbocycles. The van der Waals surface area contributed by atoms with Gasteiger partial charge >= 0.3 is 0 Å². The minimum Gasteiger partial charge on any atom is -0.374 e. The number of fused-ring (bicyclic) bond motifs is 1. The molecule has 4 rings (SSSR count). The molecule has 2 aliphatic heterocycles. The normalized spacial score (nSPS) is 25.1. The highest BCUT2D eigenvalue weighted by atomic mass is 16.5. The van der Waals surface area contributed by atoms with Gasteiger partial charge in [-0.1, -0.05) is 11.2 Å². The van der Waals surface area contributed by atoms with E-state index in [1.165, 1.54) is 5.56 Å². The summed E-state index contributed by atoms with van der Waals surface area (Å²) in [5.74, 6) is 0.930. The van der Waals surface area contributed by atoms with Crippen LogP contribution < -0.4 is 0 Å². The molecule has 2 aromatic heterocycles. The molecule has 2 aliphatic rings. The van der Waals surface area contributed by atoms with Crippen molar-refractivity contribution in [3.8, 4) is 0 Å². The van der Waals surface area contributed by atoms with Crippen LogP contribution in [0.4, 0.5) is 0 Å². The number of likely N-dealkylation sites (tertiary alicyclic amines) is 1. The SMILES string of the molecule is Cc1noc(C)c1CN1CCO[C@H]2CN(Cc3ccccn3)C[C@H]21. The first-order chi connectivity index (χ1) is 11.7. The molecule has 2 fully saturated rings. The molecule has 0 aromatic carbocycles. The molecule has 128 valence electrons. The molecular formula is C18H24N4O2. The second-order valence-electron chi connectivity index (χ2n) is 6.76. The zero-order valence-corrected chi connectivity index (χ0v) is 14.3. The maximum Gasteiger partial charge on any atom is 0.138 e. The van der Waals surface area contributed by atoms with Gasteiger partial charge in [0.1, 0.15) is 5.76 Å². The molecule has 0 N–H and O–H groups in total. The molecule has 24 heavy (non-hydrogen) atoms. The summed E-state index contributed by atoms with van der Waals surface area (Å²) < 4.78 is 11.4. The predicted molar refractivity (Wildman–Crippen MR) is 89.4 cm³/mol. The van der Waals surface area contributed by atoms with Crippen LogP contribution in [0.2, 0.25) is 0 Å². The Morgan fingerprint density at radius 1 is 1.21 bits per heavy atom. The highest BCUT2D eigenvalue weighted by Crippen LogP contribution is 2.26. The number of aromatic nitrogens is 2. The Balaban J connectivity index is 1.45. The van der Waals surface area contributed by atoms with Crippen molar-refractivity contribution in [1.29, 1.82) is 0 Å². The third-order valence-corrected chi connectivity index (χ3v) is 5.15. The molecule has 4 heterocycles. The van der Waals surface area contributed by atoms with Crippen molar-refractivity contribution >= 4 is 0 Å². The van der Waals surface area contributed by atoms with E-state index in [4.69, 9.17) is 9.26 Å². The van der Waals surface area contributed by atoms with E-state index in [9.17, 15) is 0 Å². The van der Waals surface area contributed by atoms with E-state index < -0.39 is 0 Å². The third kappa shape index (κ3) is 3.09. The van der Waals surface area contributed by atoms with Crippen molar-refractivity contribution < 1.29 is 9.26 Å². The van der Waals surface area contributed by atoms with Gasteiger partial charge in [0, 0.05) is 44.5 Å². The summed E-state index contributed by atoms with van der Waals surface area (Å²) in [6, 6.07) is 6.52. The smallest absolute Gasteiger partial charge is 0.138 e. The minimum atomic E-state index is 0.280. The van der Waals surface area contributed by atoms with Crippen LogP contribution in [-0.2, 0) is 17.8 Å². The molecule has 2 aromatic rings. The molecule has 2 atom stereocenters. The fourth-order valence-electron chi connectivity index (χ4n) is 3.81. The summed E-state index contributed by atoms with van der Waals surface area (Å²) in [6.07, 6.45) is 2.14. The van der Waals surface area contributed by atoms with Crippen LogP contribution in [0.15, 0.2) is 28.9 Å². The van der Waals surface area contributed by atoms with Crippen molar-refractivity contribution in [2.24, 2.45) is 0 Å². The number of hydrogen-bond donors (Lipinski definition) is 0. The second kappa shape index (κ2) is 6.63. The Bertz CT molecular complexity index is 668. The first-order valence-corrected chi connectivity index (χ1v) is 8.60. The second-order valence-corrected chi connectivity index (χ2v) is 6.76. The van der Waals surface area contributed by atoms with Crippen LogP contribution in [0.25, 0.3) is 0 Å². The maximum absolute atomic E-state index is 6.04. The van der Waals surface area contributed by atoms with Gasteiger partial charge in [-0.25, -0.2) is 0 Å². The van der Waals surface area contributed by atoms with Gasteiger partial charge < -0.3 is 9.26 Å². The number of pyridine rings is 1. The molecule has 0 spiro atoms. The summed E-state index contributed by atoms with van der Waals surface area (Å²) in [7, 11) is 0. The summed E-state index contributed by atoms with van der Waals surface area (Å²) >= 11 is 0. The number of ether oxygens (including phenoxy) is 1. The lowest BCUT2D eigenvalue weighted by molar-refractivity contribution is -0.0506. The van der Waals surface area contributed by atoms with Crippen LogP contribution in [0.3, 0.4) is 0 Å². The van der Waals surface area contributed by atoms with Gasteiger partial charge in [0.05, 0.1) is 30.1 Å². The van der Waals surface area contributed by atoms with Crippen molar-refractivity contribution in [3.63, 3.8) is 0 Å². The summed E-state index contributed by atoms with van der Waals surface area (Å²) in [5.41, 5.74) is 3.34. The lowest BCUT2D eigenvalue weighted by Crippen LogP contribution is -2.50. The molecule has 6 nitrogen and oxygen atoms in total. The van der Waals surface area contributed by atoms with Gasteiger partial charge in [0.2, 0.25) is 0 Å². The molecule has 0 bridgehead atoms. The van der Waals surface area contributed by atoms with Crippen LogP contribution in [-0.4, -0.2) is 58.3 Å². The van der Waals surface area contributed by atoms with Gasteiger partial charge in [-0.2, -0.15) is 0 Å². The fraction of sp³-hybridized carbons (Fsp3) is 0.556. The largest absolute Gasteiger partial charge is 0.374 e. The zero-order chi connectivity index (χ0) is 16.5. The van der Waals surface area contributed by atoms with Crippen LogP contribution >= 0.6 is 0 Å². The van der Waals surface area contributed by atoms with Gasteiger partial charge in [-0.15, -0.1) is 0 Å². The average Bonchev–Trinajstić information content (AvgIpc) is 3.14. The van der Waals surface area contributed by atoms with Crippen molar-refractivity contribution in [2.75, 3.05) is 26.2 Å². The van der Waals surface area contributed by atoms with E-state index in [1.807, 2.05) is 32.2 Å². The molecule has 2 saturated heterocycles. The number of aryl methyl sites for hydroxylation is 2. The van der Waals surface area contributed by atoms with Crippen molar-refractivity contribution in [3.05, 3.63) is 47.1 Å². The maximum atomic E-state index is 6.04. The van der Waals surface area contributed by atoms with E-state index in [0.717, 1.165) is 56.5 Å². The lowest BCUT2D eigenvalue weighted by Gasteiger charge is -2.36. The first-order valence-electron chi connectivity index (χ1n) is 8.60. The zero-order valence-electron chi connectivity index (χ0n) is 14.3. The third-order valence-electron chi connectivity index (χ3n) is 5.15. The summed E-state index contributed by atoms with van der Waals surface area (Å²) in [4.78, 5) is 9.42. The van der Waals surface area contributed by atoms with E-state index >= 15 is 0 Å².